The van der Waals surface area contributed by atoms with Gasteiger partial charge in [-0.15, -0.1) is 0 Å². The predicted molar refractivity (Wildman–Crippen MR) is 79.4 cm³/mol. The van der Waals surface area contributed by atoms with Crippen molar-refractivity contribution in [2.45, 2.75) is 37.6 Å². The van der Waals surface area contributed by atoms with Crippen LogP contribution in [0.25, 0.3) is 0 Å². The number of nitro benzene ring substituents is 1. The molecule has 1 aromatic rings. The summed E-state index contributed by atoms with van der Waals surface area (Å²) in [7, 11) is 0. The van der Waals surface area contributed by atoms with Crippen LogP contribution in [0.5, 0.6) is 0 Å². The number of nitrogens with zero attached hydrogens (tertiary/aromatic N) is 1. The zero-order chi connectivity index (χ0) is 14.8. The molecule has 1 aliphatic carbocycles. The first-order chi connectivity index (χ1) is 9.39. The van der Waals surface area contributed by atoms with Crippen molar-refractivity contribution in [2.24, 2.45) is 5.73 Å². The monoisotopic (exact) mass is 341 g/mol. The quantitative estimate of drug-likeness (QED) is 0.649. The molecule has 7 heteroatoms. The second-order valence-electron chi connectivity index (χ2n) is 5.22. The highest BCUT2D eigenvalue weighted by Gasteiger charge is 2.31. The van der Waals surface area contributed by atoms with Crippen LogP contribution in [0, 0.1) is 10.1 Å². The average molecular weight is 342 g/mol. The molecule has 1 saturated carbocycles. The van der Waals surface area contributed by atoms with Gasteiger partial charge in [0, 0.05) is 23.7 Å². The Kier molecular flexibility index (Phi) is 4.39. The van der Waals surface area contributed by atoms with Gasteiger partial charge in [-0.3, -0.25) is 14.9 Å². The molecule has 20 heavy (non-hydrogen) atoms. The molecular formula is C13H16BrN3O3. The first-order valence-electron chi connectivity index (χ1n) is 6.42. The van der Waals surface area contributed by atoms with Crippen molar-refractivity contribution < 1.29 is 9.72 Å². The SMILES string of the molecule is NC1(CC(=O)Nc2ccc([N+](=O)[O-])c(Br)c2)CCCC1. The van der Waals surface area contributed by atoms with Gasteiger partial charge in [0.25, 0.3) is 5.69 Å². The van der Waals surface area contributed by atoms with E-state index in [4.69, 9.17) is 5.73 Å². The fraction of sp³-hybridized carbons (Fsp3) is 0.462. The maximum atomic E-state index is 12.0. The Morgan fingerprint density at radius 1 is 1.45 bits per heavy atom. The van der Waals surface area contributed by atoms with Crippen LogP contribution in [0.4, 0.5) is 11.4 Å². The summed E-state index contributed by atoms with van der Waals surface area (Å²) in [5, 5.41) is 13.4. The number of carbonyl (C=O) groups is 1. The molecule has 6 nitrogen and oxygen atoms in total. The van der Waals surface area contributed by atoms with E-state index in [0.717, 1.165) is 25.7 Å². The summed E-state index contributed by atoms with van der Waals surface area (Å²) >= 11 is 3.12. The highest BCUT2D eigenvalue weighted by Crippen LogP contribution is 2.31. The topological polar surface area (TPSA) is 98.3 Å². The fourth-order valence-electron chi connectivity index (χ4n) is 2.51. The lowest BCUT2D eigenvalue weighted by Gasteiger charge is -2.22. The maximum absolute atomic E-state index is 12.0. The third-order valence-electron chi connectivity index (χ3n) is 3.54. The minimum Gasteiger partial charge on any atom is -0.326 e. The molecule has 0 bridgehead atoms. The van der Waals surface area contributed by atoms with E-state index >= 15 is 0 Å². The Bertz CT molecular complexity index is 542. The molecule has 0 atom stereocenters. The smallest absolute Gasteiger partial charge is 0.283 e. The van der Waals surface area contributed by atoms with Gasteiger partial charge in [-0.1, -0.05) is 12.8 Å². The van der Waals surface area contributed by atoms with E-state index in [-0.39, 0.29) is 18.0 Å². The third-order valence-corrected chi connectivity index (χ3v) is 4.18. The summed E-state index contributed by atoms with van der Waals surface area (Å²) in [6.07, 6.45) is 4.13. The second-order valence-corrected chi connectivity index (χ2v) is 6.07. The highest BCUT2D eigenvalue weighted by atomic mass is 79.9. The zero-order valence-corrected chi connectivity index (χ0v) is 12.5. The van der Waals surface area contributed by atoms with Crippen LogP contribution >= 0.6 is 15.9 Å². The number of rotatable bonds is 4. The third kappa shape index (κ3) is 3.55. The molecule has 2 rings (SSSR count). The summed E-state index contributed by atoms with van der Waals surface area (Å²) < 4.78 is 0.337. The molecule has 0 unspecified atom stereocenters. The van der Waals surface area contributed by atoms with Crippen molar-refractivity contribution in [1.29, 1.82) is 0 Å². The standard InChI is InChI=1S/C13H16BrN3O3/c14-10-7-9(3-4-11(10)17(19)20)16-12(18)8-13(15)5-1-2-6-13/h3-4,7H,1-2,5-6,8,15H2,(H,16,18). The number of amides is 1. The summed E-state index contributed by atoms with van der Waals surface area (Å²) in [6.45, 7) is 0. The second kappa shape index (κ2) is 5.88. The van der Waals surface area contributed by atoms with Crippen LogP contribution in [0.15, 0.2) is 22.7 Å². The summed E-state index contributed by atoms with van der Waals surface area (Å²) in [6, 6.07) is 4.39. The van der Waals surface area contributed by atoms with Crippen molar-refractivity contribution in [2.75, 3.05) is 5.32 Å². The summed E-state index contributed by atoms with van der Waals surface area (Å²) in [5.41, 5.74) is 6.24. The molecule has 1 fully saturated rings. The van der Waals surface area contributed by atoms with Crippen molar-refractivity contribution in [3.8, 4) is 0 Å². The number of anilines is 1. The van der Waals surface area contributed by atoms with Gasteiger partial charge in [-0.2, -0.15) is 0 Å². The highest BCUT2D eigenvalue weighted by molar-refractivity contribution is 9.10. The normalized spacial score (nSPS) is 16.9. The van der Waals surface area contributed by atoms with E-state index in [2.05, 4.69) is 21.2 Å². The maximum Gasteiger partial charge on any atom is 0.283 e. The molecular weight excluding hydrogens is 326 g/mol. The Morgan fingerprint density at radius 2 is 2.10 bits per heavy atom. The van der Waals surface area contributed by atoms with Crippen LogP contribution in [0.2, 0.25) is 0 Å². The molecule has 3 N–H and O–H groups in total. The minimum absolute atomic E-state index is 0.0333. The van der Waals surface area contributed by atoms with E-state index in [1.54, 1.807) is 0 Å². The first kappa shape index (κ1) is 14.9. The predicted octanol–water partition coefficient (Wildman–Crippen LogP) is 2.96. The number of hydrogen-bond acceptors (Lipinski definition) is 4. The molecule has 1 aliphatic rings. The van der Waals surface area contributed by atoms with E-state index in [9.17, 15) is 14.9 Å². The van der Waals surface area contributed by atoms with Gasteiger partial charge >= 0.3 is 0 Å². The number of nitro groups is 1. The van der Waals surface area contributed by atoms with E-state index < -0.39 is 10.5 Å². The van der Waals surface area contributed by atoms with Crippen LogP contribution < -0.4 is 11.1 Å². The molecule has 0 heterocycles. The fourth-order valence-corrected chi connectivity index (χ4v) is 3.04. The Hall–Kier alpha value is -1.47. The van der Waals surface area contributed by atoms with Crippen LogP contribution in [0.3, 0.4) is 0 Å². The number of carbonyl (C=O) groups excluding carboxylic acids is 1. The number of nitrogens with two attached hydrogens (primary N) is 1. The van der Waals surface area contributed by atoms with Crippen molar-refractivity contribution >= 4 is 33.2 Å². The van der Waals surface area contributed by atoms with Crippen LogP contribution in [0.1, 0.15) is 32.1 Å². The van der Waals surface area contributed by atoms with Crippen LogP contribution in [-0.2, 0) is 4.79 Å². The van der Waals surface area contributed by atoms with Crippen molar-refractivity contribution in [1.82, 2.24) is 0 Å². The Balaban J connectivity index is 2.01. The van der Waals surface area contributed by atoms with Gasteiger partial charge in [0.15, 0.2) is 0 Å². The Morgan fingerprint density at radius 3 is 2.65 bits per heavy atom. The van der Waals surface area contributed by atoms with E-state index in [1.807, 2.05) is 0 Å². The minimum atomic E-state index is -0.483. The number of halogens is 1. The molecule has 0 radical (unpaired) electrons. The number of hydrogen-bond donors (Lipinski definition) is 2. The zero-order valence-electron chi connectivity index (χ0n) is 10.9. The van der Waals surface area contributed by atoms with E-state index in [1.165, 1.54) is 18.2 Å². The molecule has 0 spiro atoms. The summed E-state index contributed by atoms with van der Waals surface area (Å²) in [5.74, 6) is -0.157. The van der Waals surface area contributed by atoms with Crippen LogP contribution in [-0.4, -0.2) is 16.4 Å². The molecule has 1 aromatic carbocycles. The largest absolute Gasteiger partial charge is 0.326 e. The average Bonchev–Trinajstić information content (AvgIpc) is 2.74. The summed E-state index contributed by atoms with van der Waals surface area (Å²) in [4.78, 5) is 22.2. The lowest BCUT2D eigenvalue weighted by Crippen LogP contribution is -2.40. The first-order valence-corrected chi connectivity index (χ1v) is 7.22. The number of benzene rings is 1. The molecule has 0 saturated heterocycles. The van der Waals surface area contributed by atoms with Gasteiger partial charge in [0.05, 0.1) is 9.40 Å². The van der Waals surface area contributed by atoms with E-state index in [0.29, 0.717) is 10.2 Å². The number of nitrogens with one attached hydrogen (secondary N) is 1. The van der Waals surface area contributed by atoms with Gasteiger partial charge in [0.2, 0.25) is 5.91 Å². The van der Waals surface area contributed by atoms with Crippen molar-refractivity contribution in [3.63, 3.8) is 0 Å². The van der Waals surface area contributed by atoms with Gasteiger partial charge in [-0.05, 0) is 40.9 Å². The molecule has 1 amide bonds. The molecule has 108 valence electrons. The van der Waals surface area contributed by atoms with Gasteiger partial charge in [-0.25, -0.2) is 0 Å². The van der Waals surface area contributed by atoms with Gasteiger partial charge in [0.1, 0.15) is 0 Å². The van der Waals surface area contributed by atoms with Gasteiger partial charge < -0.3 is 11.1 Å². The Labute approximate surface area is 125 Å². The molecule has 0 aromatic heterocycles. The van der Waals surface area contributed by atoms with Crippen molar-refractivity contribution in [3.05, 3.63) is 32.8 Å². The lowest BCUT2D eigenvalue weighted by atomic mass is 9.94. The molecule has 0 aliphatic heterocycles. The lowest BCUT2D eigenvalue weighted by molar-refractivity contribution is -0.385.